The predicted octanol–water partition coefficient (Wildman–Crippen LogP) is 4.42. The van der Waals surface area contributed by atoms with Crippen LogP contribution in [0.1, 0.15) is 24.0 Å². The molecule has 0 aliphatic carbocycles. The van der Waals surface area contributed by atoms with Gasteiger partial charge in [-0.25, -0.2) is 0 Å². The standard InChI is InChI=1S/C23H30ClN3O2.HI/c1-25-22(26-14-11-18-7-9-19(28-2)10-8-18)27-17-23(12-15-29-16-13-23)20-5-3-4-6-21(20)24;/h3-10H,11-17H2,1-2H3,(H2,25,26,27);1H. The number of halogens is 2. The van der Waals surface area contributed by atoms with Crippen molar-refractivity contribution in [1.82, 2.24) is 10.6 Å². The van der Waals surface area contributed by atoms with Gasteiger partial charge in [0.05, 0.1) is 7.11 Å². The van der Waals surface area contributed by atoms with E-state index in [9.17, 15) is 0 Å². The largest absolute Gasteiger partial charge is 0.497 e. The molecule has 0 amide bonds. The van der Waals surface area contributed by atoms with Gasteiger partial charge in [-0.15, -0.1) is 24.0 Å². The lowest BCUT2D eigenvalue weighted by molar-refractivity contribution is 0.0514. The molecule has 0 spiro atoms. The lowest BCUT2D eigenvalue weighted by Gasteiger charge is -2.38. The van der Waals surface area contributed by atoms with Gasteiger partial charge >= 0.3 is 0 Å². The van der Waals surface area contributed by atoms with Crippen LogP contribution in [-0.2, 0) is 16.6 Å². The quantitative estimate of drug-likeness (QED) is 0.308. The van der Waals surface area contributed by atoms with Crippen LogP contribution < -0.4 is 15.4 Å². The van der Waals surface area contributed by atoms with Crippen molar-refractivity contribution < 1.29 is 9.47 Å². The van der Waals surface area contributed by atoms with E-state index in [1.165, 1.54) is 11.1 Å². The third-order valence-electron chi connectivity index (χ3n) is 5.58. The van der Waals surface area contributed by atoms with Crippen molar-refractivity contribution in [2.24, 2.45) is 4.99 Å². The number of benzene rings is 2. The lowest BCUT2D eigenvalue weighted by atomic mass is 9.74. The highest BCUT2D eigenvalue weighted by Crippen LogP contribution is 2.38. The summed E-state index contributed by atoms with van der Waals surface area (Å²) in [5.41, 5.74) is 2.39. The van der Waals surface area contributed by atoms with Gasteiger partial charge in [0.15, 0.2) is 5.96 Å². The minimum atomic E-state index is -0.0514. The maximum Gasteiger partial charge on any atom is 0.191 e. The van der Waals surface area contributed by atoms with Crippen LogP contribution in [0.25, 0.3) is 0 Å². The number of hydrogen-bond acceptors (Lipinski definition) is 3. The van der Waals surface area contributed by atoms with Crippen LogP contribution in [0.4, 0.5) is 0 Å². The van der Waals surface area contributed by atoms with Crippen molar-refractivity contribution in [1.29, 1.82) is 0 Å². The number of rotatable bonds is 7. The summed E-state index contributed by atoms with van der Waals surface area (Å²) in [4.78, 5) is 4.39. The maximum atomic E-state index is 6.55. The molecule has 1 saturated heterocycles. The van der Waals surface area contributed by atoms with Crippen molar-refractivity contribution in [2.75, 3.05) is 40.5 Å². The van der Waals surface area contributed by atoms with E-state index in [0.29, 0.717) is 0 Å². The van der Waals surface area contributed by atoms with Gasteiger partial charge in [-0.3, -0.25) is 4.99 Å². The number of nitrogens with zero attached hydrogens (tertiary/aromatic N) is 1. The highest BCUT2D eigenvalue weighted by atomic mass is 127. The van der Waals surface area contributed by atoms with E-state index in [2.05, 4.69) is 39.9 Å². The Morgan fingerprint density at radius 3 is 2.43 bits per heavy atom. The number of methoxy groups -OCH3 is 1. The molecule has 0 unspecified atom stereocenters. The number of guanidine groups is 1. The molecule has 2 aromatic carbocycles. The van der Waals surface area contributed by atoms with Gasteiger partial charge in [-0.1, -0.05) is 41.9 Å². The van der Waals surface area contributed by atoms with Crippen LogP contribution in [0.3, 0.4) is 0 Å². The van der Waals surface area contributed by atoms with Crippen LogP contribution in [0.5, 0.6) is 5.75 Å². The zero-order chi connectivity index (χ0) is 20.5. The Kier molecular flexibility index (Phi) is 10.2. The fourth-order valence-corrected chi connectivity index (χ4v) is 4.12. The SMILES string of the molecule is CN=C(NCCc1ccc(OC)cc1)NCC1(c2ccccc2Cl)CCOCC1.I. The minimum absolute atomic E-state index is 0. The lowest BCUT2D eigenvalue weighted by Crippen LogP contribution is -2.48. The van der Waals surface area contributed by atoms with Gasteiger partial charge in [-0.2, -0.15) is 0 Å². The molecule has 1 aliphatic heterocycles. The first-order valence-electron chi connectivity index (χ1n) is 10.1. The summed E-state index contributed by atoms with van der Waals surface area (Å²) in [7, 11) is 3.48. The van der Waals surface area contributed by atoms with E-state index in [1.807, 2.05) is 24.3 Å². The van der Waals surface area contributed by atoms with E-state index in [4.69, 9.17) is 21.1 Å². The van der Waals surface area contributed by atoms with Gasteiger partial charge in [0.1, 0.15) is 5.75 Å². The minimum Gasteiger partial charge on any atom is -0.497 e. The summed E-state index contributed by atoms with van der Waals surface area (Å²) in [5.74, 6) is 1.68. The smallest absolute Gasteiger partial charge is 0.191 e. The van der Waals surface area contributed by atoms with Gasteiger partial charge in [0.2, 0.25) is 0 Å². The van der Waals surface area contributed by atoms with Crippen molar-refractivity contribution >= 4 is 41.5 Å². The summed E-state index contributed by atoms with van der Waals surface area (Å²) >= 11 is 6.55. The third kappa shape index (κ3) is 6.49. The molecule has 1 heterocycles. The third-order valence-corrected chi connectivity index (χ3v) is 5.91. The molecular weight excluding hydrogens is 513 g/mol. The van der Waals surface area contributed by atoms with Crippen LogP contribution in [0.2, 0.25) is 5.02 Å². The summed E-state index contributed by atoms with van der Waals surface area (Å²) in [6.07, 6.45) is 2.79. The molecule has 0 atom stereocenters. The summed E-state index contributed by atoms with van der Waals surface area (Å²) < 4.78 is 10.8. The molecule has 0 saturated carbocycles. The van der Waals surface area contributed by atoms with Crippen molar-refractivity contribution in [2.45, 2.75) is 24.7 Å². The van der Waals surface area contributed by atoms with Crippen LogP contribution in [-0.4, -0.2) is 46.4 Å². The molecule has 2 N–H and O–H groups in total. The zero-order valence-corrected chi connectivity index (χ0v) is 20.7. The Labute approximate surface area is 201 Å². The summed E-state index contributed by atoms with van der Waals surface area (Å²) in [6, 6.07) is 16.3. The molecule has 30 heavy (non-hydrogen) atoms. The van der Waals surface area contributed by atoms with Crippen LogP contribution >= 0.6 is 35.6 Å². The topological polar surface area (TPSA) is 54.9 Å². The molecule has 0 aromatic heterocycles. The van der Waals surface area contributed by atoms with E-state index in [-0.39, 0.29) is 29.4 Å². The average molecular weight is 544 g/mol. The Balaban J connectivity index is 0.00000320. The normalized spacial score (nSPS) is 15.8. The van der Waals surface area contributed by atoms with Gasteiger partial charge in [-0.05, 0) is 48.6 Å². The highest BCUT2D eigenvalue weighted by Gasteiger charge is 2.36. The Bertz CT molecular complexity index is 808. The van der Waals surface area contributed by atoms with Crippen LogP contribution in [0.15, 0.2) is 53.5 Å². The second-order valence-corrected chi connectivity index (χ2v) is 7.73. The molecule has 1 fully saturated rings. The van der Waals surface area contributed by atoms with Crippen molar-refractivity contribution in [3.63, 3.8) is 0 Å². The molecule has 164 valence electrons. The number of nitrogens with one attached hydrogen (secondary N) is 2. The Morgan fingerprint density at radius 2 is 1.80 bits per heavy atom. The summed E-state index contributed by atoms with van der Waals surface area (Å²) in [5, 5.41) is 7.75. The van der Waals surface area contributed by atoms with E-state index in [0.717, 1.165) is 62.3 Å². The fourth-order valence-electron chi connectivity index (χ4n) is 3.79. The molecule has 5 nitrogen and oxygen atoms in total. The fraction of sp³-hybridized carbons (Fsp3) is 0.435. The average Bonchev–Trinajstić information content (AvgIpc) is 2.77. The monoisotopic (exact) mass is 543 g/mol. The predicted molar refractivity (Wildman–Crippen MR) is 135 cm³/mol. The van der Waals surface area contributed by atoms with Gasteiger partial charge < -0.3 is 20.1 Å². The van der Waals surface area contributed by atoms with Crippen LogP contribution in [0, 0.1) is 0 Å². The van der Waals surface area contributed by atoms with E-state index in [1.54, 1.807) is 14.2 Å². The molecule has 0 radical (unpaired) electrons. The van der Waals surface area contributed by atoms with E-state index >= 15 is 0 Å². The first-order valence-corrected chi connectivity index (χ1v) is 10.4. The van der Waals surface area contributed by atoms with Gasteiger partial charge in [0.25, 0.3) is 0 Å². The van der Waals surface area contributed by atoms with Gasteiger partial charge in [0, 0.05) is 43.8 Å². The first kappa shape index (κ1) is 24.8. The summed E-state index contributed by atoms with van der Waals surface area (Å²) in [6.45, 7) is 3.06. The molecule has 7 heteroatoms. The molecule has 3 rings (SSSR count). The Hall–Kier alpha value is -1.51. The second kappa shape index (κ2) is 12.4. The number of ether oxygens (including phenoxy) is 2. The number of hydrogen-bond donors (Lipinski definition) is 2. The zero-order valence-electron chi connectivity index (χ0n) is 17.6. The second-order valence-electron chi connectivity index (χ2n) is 7.32. The highest BCUT2D eigenvalue weighted by molar-refractivity contribution is 14.0. The first-order chi connectivity index (χ1) is 14.2. The molecule has 1 aliphatic rings. The Morgan fingerprint density at radius 1 is 1.10 bits per heavy atom. The molecule has 2 aromatic rings. The van der Waals surface area contributed by atoms with E-state index < -0.39 is 0 Å². The molecule has 0 bridgehead atoms. The number of aliphatic imine (C=N–C) groups is 1. The molecular formula is C23H31ClIN3O2. The maximum absolute atomic E-state index is 6.55. The van der Waals surface area contributed by atoms with Crippen molar-refractivity contribution in [3.8, 4) is 5.75 Å². The van der Waals surface area contributed by atoms with Crippen molar-refractivity contribution in [3.05, 3.63) is 64.7 Å².